The van der Waals surface area contributed by atoms with Gasteiger partial charge in [-0.15, -0.1) is 5.10 Å². The second-order valence-corrected chi connectivity index (χ2v) is 5.07. The summed E-state index contributed by atoms with van der Waals surface area (Å²) < 4.78 is 4.55. The van der Waals surface area contributed by atoms with Crippen molar-refractivity contribution in [1.82, 2.24) is 29.8 Å². The lowest BCUT2D eigenvalue weighted by atomic mass is 10.3. The summed E-state index contributed by atoms with van der Waals surface area (Å²) in [6.45, 7) is 3.61. The Bertz CT molecular complexity index is 768. The molecule has 0 unspecified atom stereocenters. The summed E-state index contributed by atoms with van der Waals surface area (Å²) in [4.78, 5) is 0. The first-order valence-corrected chi connectivity index (χ1v) is 7.12. The molecule has 0 aliphatic heterocycles. The van der Waals surface area contributed by atoms with E-state index in [1.807, 2.05) is 33.5 Å². The average molecular weight is 288 g/mol. The molecule has 3 rings (SSSR count). The molecule has 7 heteroatoms. The van der Waals surface area contributed by atoms with Crippen LogP contribution in [0.25, 0.3) is 11.0 Å². The van der Waals surface area contributed by atoms with Crippen LogP contribution in [-0.2, 0) is 13.1 Å². The van der Waals surface area contributed by atoms with E-state index in [1.165, 1.54) is 0 Å². The molecule has 0 saturated heterocycles. The van der Waals surface area contributed by atoms with Gasteiger partial charge in [-0.3, -0.25) is 5.10 Å². The molecular formula is C13H16N6S. The van der Waals surface area contributed by atoms with Crippen LogP contribution < -0.4 is 0 Å². The Hall–Kier alpha value is -2.02. The van der Waals surface area contributed by atoms with E-state index in [0.29, 0.717) is 11.3 Å². The van der Waals surface area contributed by atoms with Gasteiger partial charge in [-0.2, -0.15) is 5.10 Å². The number of benzene rings is 1. The van der Waals surface area contributed by atoms with Crippen molar-refractivity contribution in [3.63, 3.8) is 0 Å². The molecule has 0 spiro atoms. The second-order valence-electron chi connectivity index (χ2n) is 4.69. The number of hydrogen-bond donors (Lipinski definition) is 1. The molecule has 0 saturated carbocycles. The third-order valence-electron chi connectivity index (χ3n) is 3.28. The summed E-state index contributed by atoms with van der Waals surface area (Å²) >= 11 is 5.28. The highest BCUT2D eigenvalue weighted by molar-refractivity contribution is 7.71. The van der Waals surface area contributed by atoms with Gasteiger partial charge >= 0.3 is 0 Å². The third-order valence-corrected chi connectivity index (χ3v) is 3.60. The van der Waals surface area contributed by atoms with Gasteiger partial charge in [0.1, 0.15) is 12.1 Å². The Morgan fingerprint density at radius 1 is 1.30 bits per heavy atom. The maximum Gasteiger partial charge on any atom is 0.195 e. The molecule has 0 atom stereocenters. The first-order chi connectivity index (χ1) is 9.79. The monoisotopic (exact) mass is 288 g/mol. The Labute approximate surface area is 121 Å². The topological polar surface area (TPSA) is 64.3 Å². The highest BCUT2D eigenvalue weighted by atomic mass is 32.1. The Morgan fingerprint density at radius 3 is 3.00 bits per heavy atom. The van der Waals surface area contributed by atoms with Crippen LogP contribution >= 0.6 is 12.2 Å². The van der Waals surface area contributed by atoms with Gasteiger partial charge in [0.25, 0.3) is 0 Å². The summed E-state index contributed by atoms with van der Waals surface area (Å²) in [7, 11) is 0. The molecule has 0 fully saturated rings. The van der Waals surface area contributed by atoms with E-state index in [4.69, 9.17) is 12.2 Å². The SMILES string of the molecule is CCCCn1c(Cn2nnc3ccccc32)n[nH]c1=S. The Balaban J connectivity index is 1.93. The summed E-state index contributed by atoms with van der Waals surface area (Å²) in [5, 5.41) is 15.5. The van der Waals surface area contributed by atoms with Crippen molar-refractivity contribution >= 4 is 23.3 Å². The van der Waals surface area contributed by atoms with Gasteiger partial charge in [0, 0.05) is 6.54 Å². The van der Waals surface area contributed by atoms with E-state index in [-0.39, 0.29) is 0 Å². The maximum atomic E-state index is 5.28. The minimum atomic E-state index is 0.567. The van der Waals surface area contributed by atoms with E-state index in [0.717, 1.165) is 36.2 Å². The predicted octanol–water partition coefficient (Wildman–Crippen LogP) is 2.53. The van der Waals surface area contributed by atoms with Crippen LogP contribution in [0.2, 0.25) is 0 Å². The van der Waals surface area contributed by atoms with E-state index >= 15 is 0 Å². The van der Waals surface area contributed by atoms with Crippen LogP contribution in [0, 0.1) is 4.77 Å². The van der Waals surface area contributed by atoms with Crippen LogP contribution in [0.3, 0.4) is 0 Å². The van der Waals surface area contributed by atoms with E-state index in [2.05, 4.69) is 27.4 Å². The fraction of sp³-hybridized carbons (Fsp3) is 0.385. The van der Waals surface area contributed by atoms with Crippen LogP contribution in [-0.4, -0.2) is 29.8 Å². The number of nitrogens with zero attached hydrogens (tertiary/aromatic N) is 5. The molecule has 2 heterocycles. The molecular weight excluding hydrogens is 272 g/mol. The highest BCUT2D eigenvalue weighted by Crippen LogP contribution is 2.12. The van der Waals surface area contributed by atoms with Gasteiger partial charge in [-0.25, -0.2) is 4.68 Å². The zero-order valence-corrected chi connectivity index (χ0v) is 12.1. The molecule has 0 bridgehead atoms. The lowest BCUT2D eigenvalue weighted by Gasteiger charge is -2.06. The van der Waals surface area contributed by atoms with Crippen molar-refractivity contribution < 1.29 is 0 Å². The summed E-state index contributed by atoms with van der Waals surface area (Å²) in [5.74, 6) is 0.888. The van der Waals surface area contributed by atoms with Gasteiger partial charge in [0.05, 0.1) is 5.52 Å². The van der Waals surface area contributed by atoms with Crippen LogP contribution in [0.5, 0.6) is 0 Å². The van der Waals surface area contributed by atoms with Gasteiger partial charge in [0.15, 0.2) is 10.6 Å². The van der Waals surface area contributed by atoms with E-state index in [9.17, 15) is 0 Å². The molecule has 1 N–H and O–H groups in total. The van der Waals surface area contributed by atoms with Gasteiger partial charge in [0.2, 0.25) is 0 Å². The van der Waals surface area contributed by atoms with Gasteiger partial charge < -0.3 is 4.57 Å². The number of aromatic nitrogens is 6. The summed E-state index contributed by atoms with van der Waals surface area (Å²) in [6, 6.07) is 7.90. The number of fused-ring (bicyclic) bond motifs is 1. The molecule has 6 nitrogen and oxygen atoms in total. The quantitative estimate of drug-likeness (QED) is 0.733. The molecule has 0 amide bonds. The highest BCUT2D eigenvalue weighted by Gasteiger charge is 2.10. The van der Waals surface area contributed by atoms with Gasteiger partial charge in [-0.05, 0) is 30.8 Å². The zero-order chi connectivity index (χ0) is 13.9. The summed E-state index contributed by atoms with van der Waals surface area (Å²) in [5.41, 5.74) is 1.89. The Morgan fingerprint density at radius 2 is 2.15 bits per heavy atom. The minimum absolute atomic E-state index is 0.567. The molecule has 2 aromatic heterocycles. The van der Waals surface area contributed by atoms with Crippen molar-refractivity contribution in [3.8, 4) is 0 Å². The van der Waals surface area contributed by atoms with Crippen molar-refractivity contribution in [2.24, 2.45) is 0 Å². The number of nitrogens with one attached hydrogen (secondary N) is 1. The zero-order valence-electron chi connectivity index (χ0n) is 11.3. The van der Waals surface area contributed by atoms with Crippen LogP contribution in [0.4, 0.5) is 0 Å². The normalized spacial score (nSPS) is 11.2. The standard InChI is InChI=1S/C13H16N6S/c1-2-3-8-18-12(15-16-13(18)20)9-19-11-7-5-4-6-10(11)14-17-19/h4-7H,2-3,8-9H2,1H3,(H,16,20). The largest absolute Gasteiger partial charge is 0.303 e. The van der Waals surface area contributed by atoms with E-state index in [1.54, 1.807) is 0 Å². The van der Waals surface area contributed by atoms with E-state index < -0.39 is 0 Å². The van der Waals surface area contributed by atoms with Crippen molar-refractivity contribution in [2.75, 3.05) is 0 Å². The Kier molecular flexibility index (Phi) is 3.60. The van der Waals surface area contributed by atoms with Crippen molar-refractivity contribution in [1.29, 1.82) is 0 Å². The number of hydrogen-bond acceptors (Lipinski definition) is 4. The molecule has 0 radical (unpaired) electrons. The van der Waals surface area contributed by atoms with Crippen LogP contribution in [0.15, 0.2) is 24.3 Å². The first kappa shape index (κ1) is 13.0. The minimum Gasteiger partial charge on any atom is -0.303 e. The lowest BCUT2D eigenvalue weighted by molar-refractivity contribution is 0.561. The number of para-hydroxylation sites is 1. The van der Waals surface area contributed by atoms with Gasteiger partial charge in [-0.1, -0.05) is 30.7 Å². The molecule has 1 aromatic carbocycles. The number of unbranched alkanes of at least 4 members (excludes halogenated alkanes) is 1. The second kappa shape index (κ2) is 5.54. The maximum absolute atomic E-state index is 5.28. The number of aromatic amines is 1. The smallest absolute Gasteiger partial charge is 0.195 e. The molecule has 3 aromatic rings. The lowest BCUT2D eigenvalue weighted by Crippen LogP contribution is -2.10. The third kappa shape index (κ3) is 2.36. The fourth-order valence-electron chi connectivity index (χ4n) is 2.19. The number of rotatable bonds is 5. The van der Waals surface area contributed by atoms with Crippen LogP contribution in [0.1, 0.15) is 25.6 Å². The van der Waals surface area contributed by atoms with Crippen molar-refractivity contribution in [3.05, 3.63) is 34.9 Å². The predicted molar refractivity (Wildman–Crippen MR) is 78.9 cm³/mol. The summed E-state index contributed by atoms with van der Waals surface area (Å²) in [6.07, 6.45) is 2.21. The first-order valence-electron chi connectivity index (χ1n) is 6.72. The fourth-order valence-corrected chi connectivity index (χ4v) is 2.43. The van der Waals surface area contributed by atoms with Crippen molar-refractivity contribution in [2.45, 2.75) is 32.9 Å². The molecule has 0 aliphatic rings. The average Bonchev–Trinajstić information content (AvgIpc) is 3.03. The molecule has 20 heavy (non-hydrogen) atoms. The molecule has 104 valence electrons. The molecule has 0 aliphatic carbocycles. The number of H-pyrrole nitrogens is 1.